The Morgan fingerprint density at radius 1 is 1.00 bits per heavy atom. The lowest BCUT2D eigenvalue weighted by molar-refractivity contribution is -0.142. The lowest BCUT2D eigenvalue weighted by atomic mass is 9.82. The molecule has 308 valence electrons. The molecule has 1 unspecified atom stereocenters. The number of hydrogen-bond donors (Lipinski definition) is 6. The van der Waals surface area contributed by atoms with E-state index in [1.54, 1.807) is 12.3 Å². The number of imide groups is 1. The van der Waals surface area contributed by atoms with E-state index in [0.29, 0.717) is 17.8 Å². The molecule has 4 atom stereocenters. The molecule has 0 radical (unpaired) electrons. The predicted octanol–water partition coefficient (Wildman–Crippen LogP) is 1.61. The number of likely N-dealkylation sites (tertiary alicyclic amines) is 1. The Morgan fingerprint density at radius 2 is 1.68 bits per heavy atom. The van der Waals surface area contributed by atoms with Crippen LogP contribution in [-0.2, 0) is 35.3 Å². The molecule has 18 heteroatoms. The fourth-order valence-corrected chi connectivity index (χ4v) is 7.58. The van der Waals surface area contributed by atoms with Gasteiger partial charge in [-0.05, 0) is 41.7 Å². The number of nitrogens with one attached hydrogen (secondary N) is 2. The molecule has 1 saturated heterocycles. The molecule has 4 rings (SSSR count). The predicted molar refractivity (Wildman–Crippen MR) is 208 cm³/mol. The summed E-state index contributed by atoms with van der Waals surface area (Å²) in [6, 6.07) is 11.2. The Labute approximate surface area is 333 Å². The third-order valence-electron chi connectivity index (χ3n) is 9.30. The number of aliphatic hydroxyl groups excluding tert-OH is 1. The number of nitrogens with two attached hydrogens (primary N) is 2. The third kappa shape index (κ3) is 11.9. The maximum absolute atomic E-state index is 15.0. The molecule has 1 aliphatic rings. The number of rotatable bonds is 19. The lowest BCUT2D eigenvalue weighted by Gasteiger charge is -2.41. The van der Waals surface area contributed by atoms with Crippen molar-refractivity contribution in [3.8, 4) is 11.1 Å². The minimum Gasteiger partial charge on any atom is -0.480 e. The Kier molecular flexibility index (Phi) is 15.5. The number of thioether (sulfide) groups is 1. The van der Waals surface area contributed by atoms with Crippen LogP contribution in [0.5, 0.6) is 0 Å². The number of carboxylic acids is 1. The molecule has 8 N–H and O–H groups in total. The normalized spacial score (nSPS) is 15.9. The highest BCUT2D eigenvalue weighted by molar-refractivity contribution is 8.00. The van der Waals surface area contributed by atoms with E-state index in [2.05, 4.69) is 10.6 Å². The van der Waals surface area contributed by atoms with Crippen LogP contribution < -0.4 is 22.1 Å². The number of aliphatic hydroxyl groups is 1. The molecule has 1 aromatic heterocycles. The quantitative estimate of drug-likeness (QED) is 0.0753. The highest BCUT2D eigenvalue weighted by Crippen LogP contribution is 2.41. The van der Waals surface area contributed by atoms with Crippen LogP contribution >= 0.6 is 11.8 Å². The number of benzene rings is 2. The van der Waals surface area contributed by atoms with Crippen LogP contribution in [0.4, 0.5) is 8.78 Å². The maximum atomic E-state index is 15.0. The highest BCUT2D eigenvalue weighted by atomic mass is 32.2. The molecular formula is C39H49F2N7O8S. The second-order valence-corrected chi connectivity index (χ2v) is 16.0. The molecule has 0 spiro atoms. The Bertz CT molecular complexity index is 1940. The van der Waals surface area contributed by atoms with Crippen LogP contribution in [0.25, 0.3) is 11.1 Å². The lowest BCUT2D eigenvalue weighted by Crippen LogP contribution is -2.48. The molecule has 3 aromatic rings. The summed E-state index contributed by atoms with van der Waals surface area (Å²) in [5.41, 5.74) is 12.9. The molecule has 5 amide bonds. The van der Waals surface area contributed by atoms with Crippen LogP contribution in [0.1, 0.15) is 50.9 Å². The first-order chi connectivity index (χ1) is 26.9. The molecule has 2 heterocycles. The largest absolute Gasteiger partial charge is 0.480 e. The number of carboxylic acid groups (broad SMARTS) is 1. The van der Waals surface area contributed by atoms with Crippen molar-refractivity contribution in [2.24, 2.45) is 16.9 Å². The van der Waals surface area contributed by atoms with E-state index in [4.69, 9.17) is 16.6 Å². The zero-order valence-electron chi connectivity index (χ0n) is 32.0. The first-order valence-corrected chi connectivity index (χ1v) is 19.3. The van der Waals surface area contributed by atoms with E-state index in [-0.39, 0.29) is 43.8 Å². The fourth-order valence-electron chi connectivity index (χ4n) is 6.47. The average molecular weight is 814 g/mol. The van der Waals surface area contributed by atoms with Gasteiger partial charge in [-0.1, -0.05) is 51.1 Å². The summed E-state index contributed by atoms with van der Waals surface area (Å²) in [6.07, 6.45) is 1.47. The number of amides is 5. The second kappa shape index (κ2) is 19.8. The molecule has 0 aliphatic carbocycles. The van der Waals surface area contributed by atoms with E-state index in [0.717, 1.165) is 40.4 Å². The van der Waals surface area contributed by atoms with Gasteiger partial charge >= 0.3 is 5.97 Å². The monoisotopic (exact) mass is 813 g/mol. The van der Waals surface area contributed by atoms with E-state index in [1.807, 2.05) is 55.7 Å². The number of halogens is 2. The van der Waals surface area contributed by atoms with E-state index < -0.39 is 89.1 Å². The summed E-state index contributed by atoms with van der Waals surface area (Å²) in [7, 11) is 0. The van der Waals surface area contributed by atoms with Crippen LogP contribution in [0.2, 0.25) is 0 Å². The standard InChI is InChI=1S/C39H49F2N7O8S/c1-39(2,3)35(30-15-24(26-16-25(40)9-10-27(26)41)19-46(30)18-23-7-5-4-6-8-23)47(34(52)21-49)14-11-28(42)36(53)45-13-12-44-32(50)20-48-33(51)17-31(37(48)54)57-22-29(43)38(55)56/h4-10,15-16,19,28-29,31,35,49H,11-14,17-18,20-22,42-43H2,1-3H3,(H,44,50)(H,45,53)(H,55,56)/t28-,29-,31?,35-/m0/s1. The van der Waals surface area contributed by atoms with Gasteiger partial charge in [-0.15, -0.1) is 11.8 Å². The summed E-state index contributed by atoms with van der Waals surface area (Å²) in [6.45, 7) is 4.43. The molecule has 15 nitrogen and oxygen atoms in total. The minimum atomic E-state index is -1.24. The Morgan fingerprint density at radius 3 is 2.33 bits per heavy atom. The topological polar surface area (TPSA) is 230 Å². The Hall–Kier alpha value is -5.17. The molecule has 0 bridgehead atoms. The molecule has 2 aromatic carbocycles. The average Bonchev–Trinajstić information content (AvgIpc) is 3.68. The van der Waals surface area contributed by atoms with Gasteiger partial charge < -0.3 is 41.8 Å². The van der Waals surface area contributed by atoms with Gasteiger partial charge in [0.15, 0.2) is 0 Å². The van der Waals surface area contributed by atoms with Gasteiger partial charge in [0.05, 0.1) is 17.3 Å². The van der Waals surface area contributed by atoms with Gasteiger partial charge in [0.2, 0.25) is 29.5 Å². The molecule has 57 heavy (non-hydrogen) atoms. The van der Waals surface area contributed by atoms with Crippen molar-refractivity contribution in [2.45, 2.75) is 63.5 Å². The van der Waals surface area contributed by atoms with E-state index >= 15 is 4.39 Å². The van der Waals surface area contributed by atoms with Crippen LogP contribution in [0, 0.1) is 17.0 Å². The van der Waals surface area contributed by atoms with Crippen molar-refractivity contribution in [1.29, 1.82) is 0 Å². The SMILES string of the molecule is CC(C)(C)[C@H](c1cc(-c2cc(F)ccc2F)cn1Cc1ccccc1)N(CC[C@H](N)C(=O)NCCNC(=O)CN1C(=O)CC(SC[C@H](N)C(=O)O)C1=O)C(=O)CO. The van der Waals surface area contributed by atoms with Gasteiger partial charge in [-0.25, -0.2) is 8.78 Å². The zero-order chi connectivity index (χ0) is 42.0. The van der Waals surface area contributed by atoms with Crippen molar-refractivity contribution in [2.75, 3.05) is 38.5 Å². The van der Waals surface area contributed by atoms with Gasteiger partial charge in [0, 0.05) is 61.4 Å². The number of nitrogens with zero attached hydrogens (tertiary/aromatic N) is 3. The number of carbonyl (C=O) groups excluding carboxylic acids is 5. The van der Waals surface area contributed by atoms with Crippen LogP contribution in [-0.4, -0.2) is 116 Å². The van der Waals surface area contributed by atoms with Crippen molar-refractivity contribution in [3.63, 3.8) is 0 Å². The van der Waals surface area contributed by atoms with Crippen molar-refractivity contribution >= 4 is 47.3 Å². The highest BCUT2D eigenvalue weighted by Gasteiger charge is 2.40. The second-order valence-electron chi connectivity index (χ2n) is 14.7. The van der Waals surface area contributed by atoms with Crippen molar-refractivity contribution in [1.82, 2.24) is 25.0 Å². The number of carbonyl (C=O) groups is 6. The van der Waals surface area contributed by atoms with E-state index in [9.17, 15) is 38.3 Å². The molecular weight excluding hydrogens is 765 g/mol. The summed E-state index contributed by atoms with van der Waals surface area (Å²) in [5.74, 6) is -5.66. The summed E-state index contributed by atoms with van der Waals surface area (Å²) >= 11 is 0.934. The van der Waals surface area contributed by atoms with Crippen molar-refractivity contribution < 1.29 is 47.8 Å². The van der Waals surface area contributed by atoms with Gasteiger partial charge in [0.1, 0.15) is 30.8 Å². The van der Waals surface area contributed by atoms with Gasteiger partial charge in [0.25, 0.3) is 0 Å². The maximum Gasteiger partial charge on any atom is 0.321 e. The van der Waals surface area contributed by atoms with E-state index in [1.165, 1.54) is 4.90 Å². The van der Waals surface area contributed by atoms with Gasteiger partial charge in [-0.3, -0.25) is 33.7 Å². The molecule has 1 fully saturated rings. The number of aromatic nitrogens is 1. The summed E-state index contributed by atoms with van der Waals surface area (Å²) < 4.78 is 31.2. The minimum absolute atomic E-state index is 0.0307. The third-order valence-corrected chi connectivity index (χ3v) is 10.6. The first kappa shape index (κ1) is 44.5. The molecule has 0 saturated carbocycles. The first-order valence-electron chi connectivity index (χ1n) is 18.2. The molecule has 1 aliphatic heterocycles. The summed E-state index contributed by atoms with van der Waals surface area (Å²) in [4.78, 5) is 77.1. The summed E-state index contributed by atoms with van der Waals surface area (Å²) in [5, 5.41) is 23.3. The number of aliphatic carboxylic acids is 1. The fraction of sp³-hybridized carbons (Fsp3) is 0.436. The number of hydrogen-bond acceptors (Lipinski definition) is 10. The Balaban J connectivity index is 1.40. The van der Waals surface area contributed by atoms with Crippen LogP contribution in [0.15, 0.2) is 60.8 Å². The zero-order valence-corrected chi connectivity index (χ0v) is 32.8. The van der Waals surface area contributed by atoms with Gasteiger partial charge in [-0.2, -0.15) is 0 Å². The van der Waals surface area contributed by atoms with Crippen LogP contribution in [0.3, 0.4) is 0 Å². The van der Waals surface area contributed by atoms with Crippen molar-refractivity contribution in [3.05, 3.63) is 83.7 Å². The smallest absolute Gasteiger partial charge is 0.321 e.